The minimum Gasteiger partial charge on any atom is -0.421 e. The van der Waals surface area contributed by atoms with E-state index < -0.39 is 5.97 Å². The topological polar surface area (TPSA) is 48.3 Å². The monoisotopic (exact) mass is 369 g/mol. The van der Waals surface area contributed by atoms with Gasteiger partial charge in [0.25, 0.3) is 5.56 Å². The number of fused-ring (bicyclic) bond motifs is 1. The highest BCUT2D eigenvalue weighted by Crippen LogP contribution is 2.27. The first-order valence-electron chi connectivity index (χ1n) is 8.47. The lowest BCUT2D eigenvalue weighted by Crippen LogP contribution is -2.25. The highest BCUT2D eigenvalue weighted by molar-refractivity contribution is 6.32. The summed E-state index contributed by atoms with van der Waals surface area (Å²) in [4.78, 5) is 25.5. The first-order chi connectivity index (χ1) is 12.4. The van der Waals surface area contributed by atoms with Crippen LogP contribution in [0.3, 0.4) is 0 Å². The molecule has 2 aromatic carbocycles. The van der Waals surface area contributed by atoms with E-state index in [4.69, 9.17) is 16.3 Å². The second-order valence-corrected chi connectivity index (χ2v) is 7.17. The van der Waals surface area contributed by atoms with Gasteiger partial charge in [0.15, 0.2) is 0 Å². The molecule has 26 heavy (non-hydrogen) atoms. The Kier molecular flexibility index (Phi) is 5.14. The number of pyridine rings is 1. The molecule has 0 fully saturated rings. The van der Waals surface area contributed by atoms with Gasteiger partial charge < -0.3 is 9.30 Å². The van der Waals surface area contributed by atoms with Gasteiger partial charge in [-0.2, -0.15) is 0 Å². The molecule has 3 aromatic rings. The summed E-state index contributed by atoms with van der Waals surface area (Å²) in [5.41, 5.74) is 1.17. The highest BCUT2D eigenvalue weighted by atomic mass is 35.5. The molecule has 1 aromatic heterocycles. The van der Waals surface area contributed by atoms with Crippen LogP contribution in [0.4, 0.5) is 0 Å². The van der Waals surface area contributed by atoms with Crippen LogP contribution in [0.5, 0.6) is 5.75 Å². The Morgan fingerprint density at radius 3 is 2.54 bits per heavy atom. The lowest BCUT2D eigenvalue weighted by molar-refractivity contribution is 0.0736. The molecule has 4 nitrogen and oxygen atoms in total. The van der Waals surface area contributed by atoms with E-state index in [-0.39, 0.29) is 11.5 Å². The van der Waals surface area contributed by atoms with Gasteiger partial charge in [-0.15, -0.1) is 0 Å². The van der Waals surface area contributed by atoms with Crippen LogP contribution in [-0.2, 0) is 6.54 Å². The van der Waals surface area contributed by atoms with Crippen molar-refractivity contribution in [2.24, 2.45) is 5.92 Å². The van der Waals surface area contributed by atoms with Gasteiger partial charge in [0.2, 0.25) is 0 Å². The fourth-order valence-electron chi connectivity index (χ4n) is 2.88. The third-order valence-electron chi connectivity index (χ3n) is 4.06. The average molecular weight is 370 g/mol. The molecule has 0 aliphatic carbocycles. The molecule has 0 bridgehead atoms. The van der Waals surface area contributed by atoms with E-state index in [1.54, 1.807) is 47.2 Å². The molecule has 0 N–H and O–H groups in total. The quantitative estimate of drug-likeness (QED) is 0.488. The van der Waals surface area contributed by atoms with Gasteiger partial charge in [-0.25, -0.2) is 4.79 Å². The number of rotatable bonds is 4. The van der Waals surface area contributed by atoms with E-state index in [9.17, 15) is 9.59 Å². The van der Waals surface area contributed by atoms with Gasteiger partial charge in [0.1, 0.15) is 5.75 Å². The van der Waals surface area contributed by atoms with E-state index >= 15 is 0 Å². The summed E-state index contributed by atoms with van der Waals surface area (Å²) in [6.45, 7) is 6.46. The van der Waals surface area contributed by atoms with Crippen molar-refractivity contribution in [2.75, 3.05) is 0 Å². The molecule has 0 saturated carbocycles. The van der Waals surface area contributed by atoms with E-state index in [1.165, 1.54) is 0 Å². The highest BCUT2D eigenvalue weighted by Gasteiger charge is 2.18. The number of carbonyl (C=O) groups excluding carboxylic acids is 1. The summed E-state index contributed by atoms with van der Waals surface area (Å²) in [6.07, 6.45) is 1.58. The molecule has 3 rings (SSSR count). The number of esters is 1. The third-order valence-corrected chi connectivity index (χ3v) is 4.38. The number of halogens is 1. The molecular weight excluding hydrogens is 350 g/mol. The number of benzene rings is 2. The van der Waals surface area contributed by atoms with Crippen molar-refractivity contribution in [2.45, 2.75) is 27.3 Å². The number of ether oxygens (including phenoxy) is 1. The van der Waals surface area contributed by atoms with Crippen LogP contribution in [0.1, 0.15) is 29.8 Å². The standard InChI is InChI=1S/C21H20ClNO3/c1-13(2)11-23-12-17(15-6-4-5-7-16(15)20(23)24)21(25)26-19-10-14(3)8-9-18(19)22/h4-10,12-13H,11H2,1-3H3. The minimum absolute atomic E-state index is 0.112. The summed E-state index contributed by atoms with van der Waals surface area (Å²) in [6, 6.07) is 12.3. The Balaban J connectivity index is 2.11. The van der Waals surface area contributed by atoms with Gasteiger partial charge in [0, 0.05) is 23.5 Å². The zero-order valence-electron chi connectivity index (χ0n) is 15.0. The van der Waals surface area contributed by atoms with Gasteiger partial charge in [0.05, 0.1) is 10.6 Å². The minimum atomic E-state index is -0.536. The van der Waals surface area contributed by atoms with E-state index in [2.05, 4.69) is 0 Å². The summed E-state index contributed by atoms with van der Waals surface area (Å²) >= 11 is 6.14. The molecule has 0 amide bonds. The average Bonchev–Trinajstić information content (AvgIpc) is 2.60. The summed E-state index contributed by atoms with van der Waals surface area (Å²) < 4.78 is 7.10. The molecule has 0 aliphatic heterocycles. The van der Waals surface area contributed by atoms with Crippen LogP contribution >= 0.6 is 11.6 Å². The Labute approximate surface area is 157 Å². The summed E-state index contributed by atoms with van der Waals surface area (Å²) in [7, 11) is 0. The van der Waals surface area contributed by atoms with E-state index in [0.29, 0.717) is 33.7 Å². The van der Waals surface area contributed by atoms with E-state index in [0.717, 1.165) is 5.56 Å². The molecule has 0 spiro atoms. The second kappa shape index (κ2) is 7.34. The van der Waals surface area contributed by atoms with Crippen LogP contribution in [0.15, 0.2) is 53.5 Å². The normalized spacial score (nSPS) is 11.1. The lowest BCUT2D eigenvalue weighted by Gasteiger charge is -2.14. The van der Waals surface area contributed by atoms with Crippen molar-refractivity contribution in [1.29, 1.82) is 0 Å². The molecule has 0 unspecified atom stereocenters. The smallest absolute Gasteiger partial charge is 0.345 e. The Hall–Kier alpha value is -2.59. The number of nitrogens with zero attached hydrogens (tertiary/aromatic N) is 1. The number of hydrogen-bond donors (Lipinski definition) is 0. The summed E-state index contributed by atoms with van der Waals surface area (Å²) in [5, 5.41) is 1.44. The second-order valence-electron chi connectivity index (χ2n) is 6.76. The zero-order valence-corrected chi connectivity index (χ0v) is 15.7. The van der Waals surface area contributed by atoms with Crippen LogP contribution < -0.4 is 10.3 Å². The summed E-state index contributed by atoms with van der Waals surface area (Å²) in [5.74, 6) is 0.0394. The molecule has 1 heterocycles. The SMILES string of the molecule is Cc1ccc(Cl)c(OC(=O)c2cn(CC(C)C)c(=O)c3ccccc23)c1. The number of aromatic nitrogens is 1. The number of carbonyl (C=O) groups is 1. The molecule has 5 heteroatoms. The Morgan fingerprint density at radius 2 is 1.85 bits per heavy atom. The number of hydrogen-bond acceptors (Lipinski definition) is 3. The maximum Gasteiger partial charge on any atom is 0.345 e. The third kappa shape index (κ3) is 3.65. The zero-order chi connectivity index (χ0) is 18.8. The van der Waals surface area contributed by atoms with Gasteiger partial charge >= 0.3 is 5.97 Å². The fraction of sp³-hybridized carbons (Fsp3) is 0.238. The predicted molar refractivity (Wildman–Crippen MR) is 104 cm³/mol. The Morgan fingerprint density at radius 1 is 1.15 bits per heavy atom. The molecule has 0 radical (unpaired) electrons. The van der Waals surface area contributed by atoms with Gasteiger partial charge in [-0.05, 0) is 36.6 Å². The van der Waals surface area contributed by atoms with Crippen molar-refractivity contribution in [3.05, 3.63) is 75.2 Å². The molecule has 0 saturated heterocycles. The van der Waals surface area contributed by atoms with Crippen molar-refractivity contribution >= 4 is 28.3 Å². The predicted octanol–water partition coefficient (Wildman–Crippen LogP) is 4.84. The van der Waals surface area contributed by atoms with Crippen molar-refractivity contribution in [3.63, 3.8) is 0 Å². The van der Waals surface area contributed by atoms with Crippen LogP contribution in [0, 0.1) is 12.8 Å². The Bertz CT molecular complexity index is 1040. The number of aryl methyl sites for hydroxylation is 1. The maximum absolute atomic E-state index is 12.8. The van der Waals surface area contributed by atoms with Crippen LogP contribution in [0.2, 0.25) is 5.02 Å². The van der Waals surface area contributed by atoms with Crippen LogP contribution in [0.25, 0.3) is 10.8 Å². The van der Waals surface area contributed by atoms with Crippen molar-refractivity contribution in [1.82, 2.24) is 4.57 Å². The molecule has 134 valence electrons. The fourth-order valence-corrected chi connectivity index (χ4v) is 3.03. The first kappa shape index (κ1) is 18.2. The first-order valence-corrected chi connectivity index (χ1v) is 8.85. The molecular formula is C21H20ClNO3. The van der Waals surface area contributed by atoms with Crippen molar-refractivity contribution in [3.8, 4) is 5.75 Å². The molecule has 0 aliphatic rings. The van der Waals surface area contributed by atoms with Gasteiger partial charge in [-0.3, -0.25) is 4.79 Å². The van der Waals surface area contributed by atoms with Gasteiger partial charge in [-0.1, -0.05) is 49.7 Å². The largest absolute Gasteiger partial charge is 0.421 e. The van der Waals surface area contributed by atoms with Crippen molar-refractivity contribution < 1.29 is 9.53 Å². The van der Waals surface area contributed by atoms with E-state index in [1.807, 2.05) is 26.8 Å². The van der Waals surface area contributed by atoms with Crippen LogP contribution in [-0.4, -0.2) is 10.5 Å². The molecule has 0 atom stereocenters. The lowest BCUT2D eigenvalue weighted by atomic mass is 10.1. The maximum atomic E-state index is 12.8.